The van der Waals surface area contributed by atoms with Gasteiger partial charge in [0.1, 0.15) is 36.1 Å². The summed E-state index contributed by atoms with van der Waals surface area (Å²) >= 11 is 0. The molecule has 1 aromatic heterocycles. The van der Waals surface area contributed by atoms with Gasteiger partial charge in [0.2, 0.25) is 11.8 Å². The van der Waals surface area contributed by atoms with E-state index < -0.39 is 24.3 Å². The number of aromatic nitrogens is 2. The van der Waals surface area contributed by atoms with Crippen LogP contribution in [-0.4, -0.2) is 114 Å². The number of amidine groups is 1. The second-order valence-electron chi connectivity index (χ2n) is 19.5. The van der Waals surface area contributed by atoms with Crippen LogP contribution in [0.4, 0.5) is 9.59 Å². The zero-order valence-electron chi connectivity index (χ0n) is 40.9. The van der Waals surface area contributed by atoms with Gasteiger partial charge in [0.25, 0.3) is 0 Å². The highest BCUT2D eigenvalue weighted by molar-refractivity contribution is 6.07. The van der Waals surface area contributed by atoms with Gasteiger partial charge in [0, 0.05) is 36.3 Å². The molecule has 3 fully saturated rings. The summed E-state index contributed by atoms with van der Waals surface area (Å²) in [5.41, 5.74) is 6.22. The molecule has 0 saturated carbocycles. The Balaban J connectivity index is 1.04. The summed E-state index contributed by atoms with van der Waals surface area (Å²) in [5, 5.41) is 11.0. The second kappa shape index (κ2) is 20.2. The van der Waals surface area contributed by atoms with Gasteiger partial charge in [0.05, 0.1) is 49.5 Å². The van der Waals surface area contributed by atoms with E-state index in [2.05, 4.69) is 82.8 Å². The number of methoxy groups -OCH3 is 2. The van der Waals surface area contributed by atoms with Gasteiger partial charge in [-0.1, -0.05) is 52.0 Å². The number of fused-ring (bicyclic) bond motifs is 6. The molecule has 364 valence electrons. The highest BCUT2D eigenvalue weighted by Crippen LogP contribution is 2.45. The third kappa shape index (κ3) is 9.48. The number of imidazole rings is 1. The van der Waals surface area contributed by atoms with Crippen molar-refractivity contribution in [1.29, 1.82) is 0 Å². The minimum absolute atomic E-state index is 0.0437. The van der Waals surface area contributed by atoms with Crippen molar-refractivity contribution >= 4 is 57.3 Å². The van der Waals surface area contributed by atoms with Crippen LogP contribution in [0.3, 0.4) is 0 Å². The molecular weight excluding hydrogens is 865 g/mol. The normalized spacial score (nSPS) is 24.5. The van der Waals surface area contributed by atoms with Crippen molar-refractivity contribution in [2.75, 3.05) is 27.8 Å². The molecule has 5 heterocycles. The van der Waals surface area contributed by atoms with Crippen LogP contribution in [0, 0.1) is 17.8 Å². The maximum Gasteiger partial charge on any atom is 0.407 e. The average molecular weight is 933 g/mol. The monoisotopic (exact) mass is 933 g/mol. The molecule has 16 heteroatoms. The van der Waals surface area contributed by atoms with Gasteiger partial charge < -0.3 is 49.7 Å². The minimum Gasteiger partial charge on any atom is -0.488 e. The van der Waals surface area contributed by atoms with E-state index in [9.17, 15) is 19.2 Å². The lowest BCUT2D eigenvalue weighted by atomic mass is 9.85. The molecule has 4 aliphatic rings. The minimum atomic E-state index is -0.770. The average Bonchev–Trinajstić information content (AvgIpc) is 4.07. The standard InChI is InChI=1S/C52H68N8O8/c1-11-13-33-24-42(60(31(33)7)50(62)45(58-52(64)66-10)35-20-28(4)68-29(5)21-35)48-55-40-18-16-34-23-39-37-17-15-32(22-36(37)26-67-43(39)25-38(34)46(40)56-48)30(6)54-47(53-8)41-14-12-19-59(41)49(61)44(27(2)3)57-51(63)65-9/h15-18,22-23,25,27-29,31,33,35,41-42,44-45H,6,11-14,19-21,24,26H2,1-5,7-10H3,(H,53,54)(H,55,56)(H,57,63)(H,58,64)/t28-,29-,31+,33+,41+,42?,44+,45+/m1/s1. The first-order valence-electron chi connectivity index (χ1n) is 24.3. The predicted octanol–water partition coefficient (Wildman–Crippen LogP) is 8.24. The van der Waals surface area contributed by atoms with Crippen LogP contribution >= 0.6 is 0 Å². The molecule has 16 nitrogen and oxygen atoms in total. The van der Waals surface area contributed by atoms with E-state index in [0.717, 1.165) is 87.7 Å². The van der Waals surface area contributed by atoms with Crippen LogP contribution in [0.1, 0.15) is 109 Å². The molecular formula is C52H68N8O8. The molecule has 8 rings (SSSR count). The molecule has 4 N–H and O–H groups in total. The molecule has 0 aliphatic carbocycles. The molecule has 8 atom stereocenters. The molecule has 4 aromatic rings. The summed E-state index contributed by atoms with van der Waals surface area (Å²) in [6, 6.07) is 12.4. The smallest absolute Gasteiger partial charge is 0.407 e. The Bertz CT molecular complexity index is 2600. The van der Waals surface area contributed by atoms with Crippen LogP contribution < -0.4 is 20.7 Å². The fourth-order valence-electron chi connectivity index (χ4n) is 11.3. The Hall–Kier alpha value is -6.16. The first kappa shape index (κ1) is 48.3. The van der Waals surface area contributed by atoms with Crippen LogP contribution in [0.2, 0.25) is 0 Å². The van der Waals surface area contributed by atoms with E-state index in [-0.39, 0.29) is 59.9 Å². The van der Waals surface area contributed by atoms with Gasteiger partial charge in [-0.25, -0.2) is 14.6 Å². The number of hydrogen-bond donors (Lipinski definition) is 4. The van der Waals surface area contributed by atoms with E-state index in [1.165, 1.54) is 14.2 Å². The number of hydrogen-bond acceptors (Lipinski definition) is 10. The maximum absolute atomic E-state index is 14.9. The number of ether oxygens (including phenoxy) is 4. The topological polar surface area (TPSA) is 189 Å². The number of nitrogens with zero attached hydrogens (tertiary/aromatic N) is 4. The van der Waals surface area contributed by atoms with Gasteiger partial charge in [-0.15, -0.1) is 0 Å². The number of rotatable bonds is 12. The number of amides is 4. The summed E-state index contributed by atoms with van der Waals surface area (Å²) in [6.45, 7) is 17.4. The largest absolute Gasteiger partial charge is 0.488 e. The number of carbonyl (C=O) groups is 4. The van der Waals surface area contributed by atoms with E-state index in [1.807, 2.05) is 38.7 Å². The van der Waals surface area contributed by atoms with Gasteiger partial charge in [-0.3, -0.25) is 14.6 Å². The Morgan fingerprint density at radius 1 is 0.956 bits per heavy atom. The van der Waals surface area contributed by atoms with Crippen LogP contribution in [0.15, 0.2) is 54.0 Å². The number of nitrogens with one attached hydrogen (secondary N) is 4. The van der Waals surface area contributed by atoms with Crippen LogP contribution in [-0.2, 0) is 30.4 Å². The predicted molar refractivity (Wildman–Crippen MR) is 262 cm³/mol. The zero-order valence-corrected chi connectivity index (χ0v) is 40.9. The Morgan fingerprint density at radius 2 is 1.69 bits per heavy atom. The van der Waals surface area contributed by atoms with Crippen molar-refractivity contribution in [2.24, 2.45) is 22.7 Å². The van der Waals surface area contributed by atoms with Crippen molar-refractivity contribution in [3.63, 3.8) is 0 Å². The van der Waals surface area contributed by atoms with E-state index in [0.29, 0.717) is 37.5 Å². The molecule has 4 aliphatic heterocycles. The Morgan fingerprint density at radius 3 is 2.38 bits per heavy atom. The van der Waals surface area contributed by atoms with Gasteiger partial charge >= 0.3 is 12.2 Å². The fraction of sp³-hybridized carbons (Fsp3) is 0.538. The molecule has 0 bridgehead atoms. The Labute approximate surface area is 399 Å². The first-order chi connectivity index (χ1) is 32.6. The molecule has 4 amide bonds. The molecule has 0 radical (unpaired) electrons. The molecule has 3 saturated heterocycles. The number of carbonyl (C=O) groups excluding carboxylic acids is 4. The lowest BCUT2D eigenvalue weighted by Gasteiger charge is -2.39. The highest BCUT2D eigenvalue weighted by atomic mass is 16.5. The first-order valence-corrected chi connectivity index (χ1v) is 24.3. The molecule has 68 heavy (non-hydrogen) atoms. The summed E-state index contributed by atoms with van der Waals surface area (Å²) < 4.78 is 22.4. The SMILES string of the molecule is C=C(NC(=NC)[C@@H]1CCCN1C(=O)[C@@H](NC(=O)OC)C(C)C)c1ccc2c(c1)COc1cc3c(ccc4[nH]c(C5C[C@H](CCC)[C@H](C)N5C(=O)[C@@H](NC(=O)OC)C5C[C@@H](C)O[C@H](C)C5)nc43)cc1-2. The lowest BCUT2D eigenvalue weighted by molar-refractivity contribution is -0.140. The fourth-order valence-corrected chi connectivity index (χ4v) is 11.3. The number of aromatic amines is 1. The van der Waals surface area contributed by atoms with Crippen LogP contribution in [0.25, 0.3) is 38.6 Å². The number of aliphatic imine (C=N–C) groups is 1. The highest BCUT2D eigenvalue weighted by Gasteiger charge is 2.48. The van der Waals surface area contributed by atoms with Crippen molar-refractivity contribution in [3.05, 3.63) is 66.0 Å². The van der Waals surface area contributed by atoms with Gasteiger partial charge in [-0.05, 0) is 123 Å². The summed E-state index contributed by atoms with van der Waals surface area (Å²) in [7, 11) is 4.31. The van der Waals surface area contributed by atoms with Crippen molar-refractivity contribution in [1.82, 2.24) is 35.7 Å². The number of benzene rings is 3. The number of likely N-dealkylation sites (tertiary alicyclic amines) is 2. The quantitative estimate of drug-likeness (QED) is 0.0796. The van der Waals surface area contributed by atoms with Crippen LogP contribution in [0.5, 0.6) is 5.75 Å². The molecule has 3 aromatic carbocycles. The Kier molecular flexibility index (Phi) is 14.4. The van der Waals surface area contributed by atoms with Gasteiger partial charge in [-0.2, -0.15) is 0 Å². The van der Waals surface area contributed by atoms with E-state index in [4.69, 9.17) is 23.9 Å². The number of H-pyrrole nitrogens is 1. The summed E-state index contributed by atoms with van der Waals surface area (Å²) in [4.78, 5) is 70.8. The maximum atomic E-state index is 14.9. The van der Waals surface area contributed by atoms with Crippen molar-refractivity contribution < 1.29 is 38.1 Å². The van der Waals surface area contributed by atoms with Gasteiger partial charge in [0.15, 0.2) is 0 Å². The van der Waals surface area contributed by atoms with Crippen molar-refractivity contribution in [3.8, 4) is 16.9 Å². The molecule has 0 spiro atoms. The zero-order chi connectivity index (χ0) is 48.6. The van der Waals surface area contributed by atoms with E-state index >= 15 is 0 Å². The third-order valence-electron chi connectivity index (χ3n) is 14.6. The summed E-state index contributed by atoms with van der Waals surface area (Å²) in [5.74, 6) is 1.81. The summed E-state index contributed by atoms with van der Waals surface area (Å²) in [6.07, 6.45) is 4.18. The molecule has 1 unspecified atom stereocenters. The van der Waals surface area contributed by atoms with Crippen molar-refractivity contribution in [2.45, 2.75) is 136 Å². The second-order valence-corrected chi connectivity index (χ2v) is 19.5. The lowest BCUT2D eigenvalue weighted by Crippen LogP contribution is -2.55. The third-order valence-corrected chi connectivity index (χ3v) is 14.6. The number of alkyl carbamates (subject to hydrolysis) is 2. The van der Waals surface area contributed by atoms with E-state index in [1.54, 1.807) is 11.9 Å².